The Morgan fingerprint density at radius 1 is 1.44 bits per heavy atom. The summed E-state index contributed by atoms with van der Waals surface area (Å²) in [7, 11) is 0. The quantitative estimate of drug-likeness (QED) is 0.730. The van der Waals surface area contributed by atoms with Crippen LogP contribution in [0.2, 0.25) is 0 Å². The first-order valence-electron chi connectivity index (χ1n) is 5.48. The Balaban J connectivity index is 2.11. The van der Waals surface area contributed by atoms with Crippen LogP contribution in [-0.4, -0.2) is 41.9 Å². The molecule has 0 spiro atoms. The molecule has 4 heteroatoms. The molecule has 2 aliphatic rings. The molecule has 1 N–H and O–H groups in total. The molecule has 4 nitrogen and oxygen atoms in total. The summed E-state index contributed by atoms with van der Waals surface area (Å²) in [5.74, 6) is -0.625. The summed E-state index contributed by atoms with van der Waals surface area (Å²) in [6, 6.07) is 0. The van der Waals surface area contributed by atoms with Crippen molar-refractivity contribution in [3.8, 4) is 0 Å². The summed E-state index contributed by atoms with van der Waals surface area (Å²) in [4.78, 5) is 0. The van der Waals surface area contributed by atoms with Crippen LogP contribution in [0.3, 0.4) is 0 Å². The van der Waals surface area contributed by atoms with Crippen LogP contribution < -0.4 is 0 Å². The third-order valence-electron chi connectivity index (χ3n) is 2.73. The largest absolute Gasteiger partial charge is 0.386 e. The third kappa shape index (κ3) is 2.20. The van der Waals surface area contributed by atoms with Gasteiger partial charge in [0.2, 0.25) is 0 Å². The Bertz CT molecular complexity index is 297. The predicted molar refractivity (Wildman–Crippen MR) is 58.9 cm³/mol. The first-order chi connectivity index (χ1) is 7.53. The lowest BCUT2D eigenvalue weighted by atomic mass is 9.96. The number of ether oxygens (including phenoxy) is 3. The van der Waals surface area contributed by atoms with Crippen LogP contribution in [0.15, 0.2) is 24.8 Å². The normalized spacial score (nSPS) is 40.7. The fourth-order valence-electron chi connectivity index (χ4n) is 2.12. The van der Waals surface area contributed by atoms with Gasteiger partial charge in [-0.25, -0.2) is 0 Å². The first-order valence-corrected chi connectivity index (χ1v) is 5.48. The first kappa shape index (κ1) is 11.8. The lowest BCUT2D eigenvalue weighted by Crippen LogP contribution is -2.46. The second kappa shape index (κ2) is 4.30. The summed E-state index contributed by atoms with van der Waals surface area (Å²) in [5.41, 5.74) is 0. The zero-order chi connectivity index (χ0) is 11.8. The van der Waals surface area contributed by atoms with Gasteiger partial charge in [0.15, 0.2) is 5.79 Å². The van der Waals surface area contributed by atoms with Gasteiger partial charge in [0.1, 0.15) is 24.4 Å². The number of hydrogen-bond donors (Lipinski definition) is 1. The zero-order valence-corrected chi connectivity index (χ0v) is 9.63. The van der Waals surface area contributed by atoms with Crippen molar-refractivity contribution in [2.75, 3.05) is 6.61 Å². The zero-order valence-electron chi connectivity index (χ0n) is 9.63. The van der Waals surface area contributed by atoms with Gasteiger partial charge >= 0.3 is 0 Å². The summed E-state index contributed by atoms with van der Waals surface area (Å²) < 4.78 is 17.0. The van der Waals surface area contributed by atoms with Crippen molar-refractivity contribution in [1.29, 1.82) is 0 Å². The maximum atomic E-state index is 9.83. The summed E-state index contributed by atoms with van der Waals surface area (Å²) in [6.07, 6.45) is 3.73. The summed E-state index contributed by atoms with van der Waals surface area (Å²) in [6.45, 7) is 7.69. The highest BCUT2D eigenvalue weighted by Gasteiger charge is 2.48. The molecule has 1 fully saturated rings. The number of hydrogen-bond acceptors (Lipinski definition) is 4. The summed E-state index contributed by atoms with van der Waals surface area (Å²) >= 11 is 0. The molecule has 0 radical (unpaired) electrons. The molecule has 16 heavy (non-hydrogen) atoms. The van der Waals surface area contributed by atoms with E-state index in [1.54, 1.807) is 12.2 Å². The lowest BCUT2D eigenvalue weighted by Gasteiger charge is -2.31. The van der Waals surface area contributed by atoms with Gasteiger partial charge < -0.3 is 19.3 Å². The maximum absolute atomic E-state index is 9.83. The van der Waals surface area contributed by atoms with Crippen LogP contribution in [0.25, 0.3) is 0 Å². The van der Waals surface area contributed by atoms with Gasteiger partial charge in [0, 0.05) is 0 Å². The number of fused-ring (bicyclic) bond motifs is 1. The molecule has 0 aromatic rings. The molecule has 1 heterocycles. The van der Waals surface area contributed by atoms with E-state index in [2.05, 4.69) is 6.58 Å². The molecular formula is C12H18O4. The van der Waals surface area contributed by atoms with Crippen LogP contribution in [0.5, 0.6) is 0 Å². The van der Waals surface area contributed by atoms with Gasteiger partial charge in [-0.05, 0) is 13.8 Å². The van der Waals surface area contributed by atoms with Crippen molar-refractivity contribution < 1.29 is 19.3 Å². The van der Waals surface area contributed by atoms with E-state index in [4.69, 9.17) is 14.2 Å². The van der Waals surface area contributed by atoms with E-state index in [1.165, 1.54) is 0 Å². The average Bonchev–Trinajstić information content (AvgIpc) is 2.51. The van der Waals surface area contributed by atoms with E-state index < -0.39 is 18.0 Å². The number of aliphatic hydroxyl groups is 1. The molecule has 1 saturated heterocycles. The highest BCUT2D eigenvalue weighted by molar-refractivity contribution is 5.12. The van der Waals surface area contributed by atoms with Crippen molar-refractivity contribution in [2.24, 2.45) is 0 Å². The standard InChI is InChI=1S/C12H18O4/c1-4-7-14-10-8(13)5-6-9-11(10)16-12(2,3)15-9/h4-6,8-11,13H,1,7H2,2-3H3/t8-,9-,10-,11-/m1/s1. The maximum Gasteiger partial charge on any atom is 0.164 e. The van der Waals surface area contributed by atoms with Crippen molar-refractivity contribution in [2.45, 2.75) is 44.1 Å². The molecule has 0 aromatic heterocycles. The van der Waals surface area contributed by atoms with Gasteiger partial charge in [0.25, 0.3) is 0 Å². The minimum atomic E-state index is -0.654. The van der Waals surface area contributed by atoms with Crippen LogP contribution in [0, 0.1) is 0 Å². The van der Waals surface area contributed by atoms with Crippen molar-refractivity contribution in [1.82, 2.24) is 0 Å². The lowest BCUT2D eigenvalue weighted by molar-refractivity contribution is -0.163. The molecular weight excluding hydrogens is 208 g/mol. The number of aliphatic hydroxyl groups excluding tert-OH is 1. The Labute approximate surface area is 95.5 Å². The molecule has 0 saturated carbocycles. The third-order valence-corrected chi connectivity index (χ3v) is 2.73. The van der Waals surface area contributed by atoms with E-state index in [9.17, 15) is 5.11 Å². The SMILES string of the molecule is C=CCO[C@H]1[C@@H]2OC(C)(C)O[C@@H]2C=C[C@H]1O. The molecule has 2 rings (SSSR count). The monoisotopic (exact) mass is 226 g/mol. The topological polar surface area (TPSA) is 47.9 Å². The molecule has 0 unspecified atom stereocenters. The fourth-order valence-corrected chi connectivity index (χ4v) is 2.12. The van der Waals surface area contributed by atoms with Crippen LogP contribution in [0.1, 0.15) is 13.8 Å². The van der Waals surface area contributed by atoms with Gasteiger partial charge in [-0.1, -0.05) is 18.2 Å². The fraction of sp³-hybridized carbons (Fsp3) is 0.667. The molecule has 4 atom stereocenters. The predicted octanol–water partition coefficient (Wildman–Crippen LogP) is 1.01. The van der Waals surface area contributed by atoms with Crippen LogP contribution >= 0.6 is 0 Å². The Morgan fingerprint density at radius 2 is 2.19 bits per heavy atom. The van der Waals surface area contributed by atoms with Gasteiger partial charge in [-0.15, -0.1) is 6.58 Å². The highest BCUT2D eigenvalue weighted by Crippen LogP contribution is 2.35. The minimum absolute atomic E-state index is 0.145. The van der Waals surface area contributed by atoms with Crippen molar-refractivity contribution in [3.05, 3.63) is 24.8 Å². The Kier molecular flexibility index (Phi) is 3.17. The Morgan fingerprint density at radius 3 is 2.88 bits per heavy atom. The average molecular weight is 226 g/mol. The molecule has 1 aliphatic heterocycles. The highest BCUT2D eigenvalue weighted by atomic mass is 16.8. The van der Waals surface area contributed by atoms with Gasteiger partial charge in [0.05, 0.1) is 6.61 Å². The van der Waals surface area contributed by atoms with Gasteiger partial charge in [-0.2, -0.15) is 0 Å². The van der Waals surface area contributed by atoms with E-state index >= 15 is 0 Å². The molecule has 0 amide bonds. The second-order valence-corrected chi connectivity index (χ2v) is 4.53. The smallest absolute Gasteiger partial charge is 0.164 e. The second-order valence-electron chi connectivity index (χ2n) is 4.53. The van der Waals surface area contributed by atoms with E-state index in [-0.39, 0.29) is 12.2 Å². The molecule has 0 aromatic carbocycles. The van der Waals surface area contributed by atoms with E-state index in [1.807, 2.05) is 19.9 Å². The molecule has 90 valence electrons. The molecule has 0 bridgehead atoms. The van der Waals surface area contributed by atoms with E-state index in [0.717, 1.165) is 0 Å². The van der Waals surface area contributed by atoms with Crippen LogP contribution in [0.4, 0.5) is 0 Å². The van der Waals surface area contributed by atoms with Crippen LogP contribution in [-0.2, 0) is 14.2 Å². The molecule has 1 aliphatic carbocycles. The summed E-state index contributed by atoms with van der Waals surface area (Å²) in [5, 5.41) is 9.83. The van der Waals surface area contributed by atoms with Gasteiger partial charge in [-0.3, -0.25) is 0 Å². The van der Waals surface area contributed by atoms with Crippen molar-refractivity contribution in [3.63, 3.8) is 0 Å². The Hall–Kier alpha value is -0.680. The van der Waals surface area contributed by atoms with Crippen molar-refractivity contribution >= 4 is 0 Å². The minimum Gasteiger partial charge on any atom is -0.386 e. The van der Waals surface area contributed by atoms with E-state index in [0.29, 0.717) is 6.61 Å². The number of rotatable bonds is 3.